The molecule has 6 radical (unpaired) electrons. The summed E-state index contributed by atoms with van der Waals surface area (Å²) >= 11 is 0. The van der Waals surface area contributed by atoms with Gasteiger partial charge in [-0.1, -0.05) is 48.6 Å². The summed E-state index contributed by atoms with van der Waals surface area (Å²) in [7, 11) is 5.56. The van der Waals surface area contributed by atoms with Gasteiger partial charge in [-0.2, -0.15) is 0 Å². The Hall–Kier alpha value is -1.13. The standard InChI is InChI=1S/C13H10.Si2/c1-4-10-6-2-8-12-9-3-7-11(5-1)13(10)12;1-2/h1-8H,9H2;. The van der Waals surface area contributed by atoms with Crippen molar-refractivity contribution in [2.24, 2.45) is 0 Å². The summed E-state index contributed by atoms with van der Waals surface area (Å²) in [6, 6.07) is 13.0. The molecule has 2 heteroatoms. The van der Waals surface area contributed by atoms with Crippen molar-refractivity contribution >= 4 is 36.4 Å². The SMILES string of the molecule is C1=Cc2cccc3cccc(c23)C1.[Si][Si]. The highest BCUT2D eigenvalue weighted by atomic mass is 29.1. The van der Waals surface area contributed by atoms with Crippen molar-refractivity contribution in [1.82, 2.24) is 0 Å². The third kappa shape index (κ3) is 1.83. The average molecular weight is 222 g/mol. The van der Waals surface area contributed by atoms with Crippen LogP contribution in [-0.2, 0) is 6.42 Å². The van der Waals surface area contributed by atoms with Gasteiger partial charge >= 0.3 is 0 Å². The van der Waals surface area contributed by atoms with E-state index in [0.29, 0.717) is 0 Å². The number of benzene rings is 2. The summed E-state index contributed by atoms with van der Waals surface area (Å²) in [6.45, 7) is 0. The minimum absolute atomic E-state index is 1.08. The first-order valence-corrected chi connectivity index (χ1v) is 6.87. The Morgan fingerprint density at radius 1 is 0.933 bits per heavy atom. The van der Waals surface area contributed by atoms with E-state index in [9.17, 15) is 0 Å². The maximum Gasteiger partial charge on any atom is 0 e. The minimum Gasteiger partial charge on any atom is -0.0795 e. The monoisotopic (exact) mass is 222 g/mol. The zero-order chi connectivity index (χ0) is 10.7. The van der Waals surface area contributed by atoms with E-state index in [4.69, 9.17) is 0 Å². The first-order valence-electron chi connectivity index (χ1n) is 4.87. The first kappa shape index (κ1) is 10.4. The highest BCUT2D eigenvalue weighted by Crippen LogP contribution is 2.27. The summed E-state index contributed by atoms with van der Waals surface area (Å²) in [5.74, 6) is 0. The van der Waals surface area contributed by atoms with Crippen LogP contribution in [0.2, 0.25) is 0 Å². The Morgan fingerprint density at radius 2 is 1.67 bits per heavy atom. The lowest BCUT2D eigenvalue weighted by Crippen LogP contribution is -1.91. The van der Waals surface area contributed by atoms with Gasteiger partial charge in [0.1, 0.15) is 0 Å². The number of rotatable bonds is 0. The van der Waals surface area contributed by atoms with Gasteiger partial charge in [0.15, 0.2) is 0 Å². The normalized spacial score (nSPS) is 12.1. The molecule has 0 fully saturated rings. The van der Waals surface area contributed by atoms with Crippen LogP contribution < -0.4 is 0 Å². The summed E-state index contributed by atoms with van der Waals surface area (Å²) in [5.41, 5.74) is 2.81. The van der Waals surface area contributed by atoms with Gasteiger partial charge < -0.3 is 0 Å². The fraction of sp³-hybridized carbons (Fsp3) is 0.0769. The van der Waals surface area contributed by atoms with Gasteiger partial charge in [-0.3, -0.25) is 0 Å². The van der Waals surface area contributed by atoms with Gasteiger partial charge in [-0.05, 0) is 28.3 Å². The molecule has 0 bridgehead atoms. The quantitative estimate of drug-likeness (QED) is 0.601. The molecule has 0 saturated heterocycles. The number of hydrogen-bond donors (Lipinski definition) is 0. The van der Waals surface area contributed by atoms with E-state index in [1.54, 1.807) is 0 Å². The van der Waals surface area contributed by atoms with Gasteiger partial charge in [0.2, 0.25) is 0 Å². The lowest BCUT2D eigenvalue weighted by Gasteiger charge is -2.11. The molecule has 3 rings (SSSR count). The van der Waals surface area contributed by atoms with Crippen LogP contribution in [0, 0.1) is 0 Å². The smallest absolute Gasteiger partial charge is 0 e. The molecular formula is C13H10Si2. The second-order valence-corrected chi connectivity index (χ2v) is 3.47. The van der Waals surface area contributed by atoms with E-state index in [1.165, 1.54) is 21.9 Å². The van der Waals surface area contributed by atoms with Crippen LogP contribution in [0.4, 0.5) is 0 Å². The highest BCUT2D eigenvalue weighted by Gasteiger charge is 2.06. The second-order valence-electron chi connectivity index (χ2n) is 3.47. The van der Waals surface area contributed by atoms with Crippen molar-refractivity contribution in [2.45, 2.75) is 6.42 Å². The van der Waals surface area contributed by atoms with Crippen molar-refractivity contribution in [1.29, 1.82) is 0 Å². The van der Waals surface area contributed by atoms with Crippen molar-refractivity contribution in [3.63, 3.8) is 0 Å². The lowest BCUT2D eigenvalue weighted by molar-refractivity contribution is 1.29. The molecule has 0 atom stereocenters. The molecule has 1 aliphatic carbocycles. The van der Waals surface area contributed by atoms with Crippen LogP contribution in [0.25, 0.3) is 16.8 Å². The molecule has 0 heterocycles. The van der Waals surface area contributed by atoms with Gasteiger partial charge in [0, 0.05) is 19.5 Å². The van der Waals surface area contributed by atoms with Crippen LogP contribution in [-0.4, -0.2) is 19.5 Å². The predicted octanol–water partition coefficient (Wildman–Crippen LogP) is 2.65. The molecule has 15 heavy (non-hydrogen) atoms. The average Bonchev–Trinajstić information content (AvgIpc) is 2.33. The zero-order valence-corrected chi connectivity index (χ0v) is 10.3. The van der Waals surface area contributed by atoms with Crippen LogP contribution in [0.5, 0.6) is 0 Å². The maximum atomic E-state index is 2.78. The van der Waals surface area contributed by atoms with E-state index in [0.717, 1.165) is 6.42 Å². The fourth-order valence-electron chi connectivity index (χ4n) is 2.07. The molecule has 0 nitrogen and oxygen atoms in total. The third-order valence-electron chi connectivity index (χ3n) is 2.66. The Bertz CT molecular complexity index is 496. The minimum atomic E-state index is 1.08. The summed E-state index contributed by atoms with van der Waals surface area (Å²) in [4.78, 5) is 0. The van der Waals surface area contributed by atoms with E-state index in [2.05, 4.69) is 68.1 Å². The summed E-state index contributed by atoms with van der Waals surface area (Å²) in [5, 5.41) is 2.80. The van der Waals surface area contributed by atoms with Crippen molar-refractivity contribution in [3.05, 3.63) is 53.6 Å². The molecule has 2 aromatic carbocycles. The van der Waals surface area contributed by atoms with E-state index in [-0.39, 0.29) is 0 Å². The Labute approximate surface area is 96.6 Å². The fourth-order valence-corrected chi connectivity index (χ4v) is 2.07. The number of hydrogen-bond acceptors (Lipinski definition) is 0. The van der Waals surface area contributed by atoms with Crippen LogP contribution in [0.15, 0.2) is 42.5 Å². The largest absolute Gasteiger partial charge is 0.0795 e. The Kier molecular flexibility index (Phi) is 3.18. The highest BCUT2D eigenvalue weighted by molar-refractivity contribution is 6.75. The first-order chi connectivity index (χ1) is 7.45. The van der Waals surface area contributed by atoms with Crippen molar-refractivity contribution < 1.29 is 0 Å². The van der Waals surface area contributed by atoms with Gasteiger partial charge in [-0.25, -0.2) is 0 Å². The zero-order valence-electron chi connectivity index (χ0n) is 8.33. The molecule has 0 aromatic heterocycles. The predicted molar refractivity (Wildman–Crippen MR) is 68.2 cm³/mol. The Balaban J connectivity index is 0.000000404. The molecule has 0 saturated carbocycles. The molecule has 1 aliphatic rings. The van der Waals surface area contributed by atoms with E-state index in [1.807, 2.05) is 0 Å². The molecule has 0 aliphatic heterocycles. The van der Waals surface area contributed by atoms with Crippen molar-refractivity contribution in [2.75, 3.05) is 0 Å². The molecule has 0 N–H and O–H groups in total. The third-order valence-corrected chi connectivity index (χ3v) is 2.66. The van der Waals surface area contributed by atoms with Gasteiger partial charge in [-0.15, -0.1) is 0 Å². The number of allylic oxidation sites excluding steroid dienone is 1. The van der Waals surface area contributed by atoms with Crippen molar-refractivity contribution in [3.8, 4) is 0 Å². The molecule has 0 unspecified atom stereocenters. The van der Waals surface area contributed by atoms with Crippen LogP contribution in [0.3, 0.4) is 0 Å². The molecule has 70 valence electrons. The molecule has 0 amide bonds. The second kappa shape index (κ2) is 4.60. The molecule has 2 aromatic rings. The lowest BCUT2D eigenvalue weighted by atomic mass is 9.93. The maximum absolute atomic E-state index is 2.78. The van der Waals surface area contributed by atoms with Gasteiger partial charge in [0.25, 0.3) is 0 Å². The topological polar surface area (TPSA) is 0 Å². The van der Waals surface area contributed by atoms with E-state index < -0.39 is 0 Å². The summed E-state index contributed by atoms with van der Waals surface area (Å²) in [6.07, 6.45) is 5.53. The molecular weight excluding hydrogens is 212 g/mol. The Morgan fingerprint density at radius 3 is 2.47 bits per heavy atom. The van der Waals surface area contributed by atoms with Gasteiger partial charge in [0.05, 0.1) is 0 Å². The van der Waals surface area contributed by atoms with Crippen LogP contribution in [0.1, 0.15) is 11.1 Å². The molecule has 0 spiro atoms. The van der Waals surface area contributed by atoms with E-state index >= 15 is 0 Å². The van der Waals surface area contributed by atoms with Crippen LogP contribution >= 0.6 is 0 Å². The summed E-state index contributed by atoms with van der Waals surface area (Å²) < 4.78 is 0.